The number of carbonyl (C=O) groups is 2. The van der Waals surface area contributed by atoms with Crippen LogP contribution >= 0.6 is 11.6 Å². The van der Waals surface area contributed by atoms with Gasteiger partial charge in [-0.05, 0) is 54.1 Å². The highest BCUT2D eigenvalue weighted by molar-refractivity contribution is 6.34. The zero-order valence-electron chi connectivity index (χ0n) is 21.4. The van der Waals surface area contributed by atoms with Crippen LogP contribution in [-0.2, 0) is 17.5 Å². The Morgan fingerprint density at radius 2 is 1.64 bits per heavy atom. The molecule has 1 aromatic heterocycles. The third-order valence-corrected chi connectivity index (χ3v) is 6.27. The minimum Gasteiger partial charge on any atom is -0.352 e. The number of nitrogens with one attached hydrogen (secondary N) is 3. The number of hydrogen-bond donors (Lipinski definition) is 3. The van der Waals surface area contributed by atoms with Crippen molar-refractivity contribution >= 4 is 51.4 Å². The summed E-state index contributed by atoms with van der Waals surface area (Å²) in [5.74, 6) is -0.142. The Kier molecular flexibility index (Phi) is 7.83. The van der Waals surface area contributed by atoms with Crippen LogP contribution < -0.4 is 16.0 Å². The van der Waals surface area contributed by atoms with Gasteiger partial charge in [-0.25, -0.2) is 4.98 Å². The SMILES string of the molecule is CC(C)(C)C(=O)NCc1ccc(Cl)c(C(=O)Nc2cccc3c(Nc4ccc(C(F)(F)F)cc4)nccc23)c1. The molecule has 2 amide bonds. The van der Waals surface area contributed by atoms with Crippen LogP contribution in [0.5, 0.6) is 0 Å². The Morgan fingerprint density at radius 1 is 0.923 bits per heavy atom. The molecule has 0 aliphatic carbocycles. The number of aromatic nitrogens is 1. The third kappa shape index (κ3) is 6.67. The van der Waals surface area contributed by atoms with E-state index in [2.05, 4.69) is 20.9 Å². The number of nitrogens with zero attached hydrogens (tertiary/aromatic N) is 1. The summed E-state index contributed by atoms with van der Waals surface area (Å²) >= 11 is 6.33. The molecule has 0 atom stereocenters. The van der Waals surface area contributed by atoms with Gasteiger partial charge in [0.1, 0.15) is 5.82 Å². The molecule has 0 saturated carbocycles. The van der Waals surface area contributed by atoms with E-state index in [1.54, 1.807) is 42.5 Å². The molecule has 3 aromatic carbocycles. The molecule has 4 aromatic rings. The van der Waals surface area contributed by atoms with Crippen molar-refractivity contribution in [1.82, 2.24) is 10.3 Å². The molecule has 0 fully saturated rings. The van der Waals surface area contributed by atoms with Gasteiger partial charge >= 0.3 is 6.18 Å². The Bertz CT molecular complexity index is 1530. The van der Waals surface area contributed by atoms with Crippen molar-refractivity contribution in [3.05, 3.63) is 94.6 Å². The third-order valence-electron chi connectivity index (χ3n) is 5.94. The summed E-state index contributed by atoms with van der Waals surface area (Å²) in [6.07, 6.45) is -2.89. The second kappa shape index (κ2) is 10.9. The van der Waals surface area contributed by atoms with Crippen molar-refractivity contribution in [2.45, 2.75) is 33.5 Å². The van der Waals surface area contributed by atoms with Gasteiger partial charge in [0.25, 0.3) is 5.91 Å². The van der Waals surface area contributed by atoms with Crippen molar-refractivity contribution < 1.29 is 22.8 Å². The fourth-order valence-corrected chi connectivity index (χ4v) is 3.99. The number of pyridine rings is 1. The van der Waals surface area contributed by atoms with E-state index in [1.165, 1.54) is 18.3 Å². The molecule has 6 nitrogen and oxygen atoms in total. The van der Waals surface area contributed by atoms with Crippen LogP contribution in [0.25, 0.3) is 10.8 Å². The van der Waals surface area contributed by atoms with E-state index in [1.807, 2.05) is 20.8 Å². The topological polar surface area (TPSA) is 83.1 Å². The first kappa shape index (κ1) is 27.9. The molecule has 0 aliphatic rings. The maximum absolute atomic E-state index is 13.2. The minimum absolute atomic E-state index is 0.117. The van der Waals surface area contributed by atoms with Gasteiger partial charge in [0, 0.05) is 40.3 Å². The van der Waals surface area contributed by atoms with Gasteiger partial charge in [-0.1, -0.05) is 50.6 Å². The zero-order chi connectivity index (χ0) is 28.4. The van der Waals surface area contributed by atoms with Crippen LogP contribution in [0, 0.1) is 5.41 Å². The van der Waals surface area contributed by atoms with E-state index in [0.717, 1.165) is 12.1 Å². The Morgan fingerprint density at radius 3 is 2.31 bits per heavy atom. The van der Waals surface area contributed by atoms with E-state index in [0.29, 0.717) is 33.5 Å². The number of carbonyl (C=O) groups excluding carboxylic acids is 2. The number of amides is 2. The van der Waals surface area contributed by atoms with Gasteiger partial charge in [0.2, 0.25) is 5.91 Å². The van der Waals surface area contributed by atoms with Gasteiger partial charge in [-0.3, -0.25) is 9.59 Å². The van der Waals surface area contributed by atoms with E-state index in [9.17, 15) is 22.8 Å². The molecule has 0 aliphatic heterocycles. The molecular weight excluding hydrogens is 529 g/mol. The Hall–Kier alpha value is -4.11. The van der Waals surface area contributed by atoms with E-state index < -0.39 is 23.1 Å². The van der Waals surface area contributed by atoms with E-state index in [4.69, 9.17) is 11.6 Å². The molecule has 0 unspecified atom stereocenters. The lowest BCUT2D eigenvalue weighted by Crippen LogP contribution is -2.34. The molecule has 3 N–H and O–H groups in total. The van der Waals surface area contributed by atoms with Gasteiger partial charge in [-0.2, -0.15) is 13.2 Å². The molecule has 39 heavy (non-hydrogen) atoms. The highest BCUT2D eigenvalue weighted by Crippen LogP contribution is 2.33. The lowest BCUT2D eigenvalue weighted by Gasteiger charge is -2.18. The predicted octanol–water partition coefficient (Wildman–Crippen LogP) is 7.57. The first-order valence-electron chi connectivity index (χ1n) is 12.0. The van der Waals surface area contributed by atoms with Crippen LogP contribution in [0.3, 0.4) is 0 Å². The van der Waals surface area contributed by atoms with Gasteiger partial charge in [0.15, 0.2) is 0 Å². The summed E-state index contributed by atoms with van der Waals surface area (Å²) in [4.78, 5) is 29.8. The number of alkyl halides is 3. The van der Waals surface area contributed by atoms with Crippen molar-refractivity contribution in [3.8, 4) is 0 Å². The van der Waals surface area contributed by atoms with Crippen LogP contribution in [0.1, 0.15) is 42.3 Å². The van der Waals surface area contributed by atoms with E-state index >= 15 is 0 Å². The molecule has 1 heterocycles. The normalized spacial score (nSPS) is 11.8. The number of rotatable bonds is 6. The summed E-state index contributed by atoms with van der Waals surface area (Å²) in [6, 6.07) is 16.6. The molecule has 0 spiro atoms. The number of halogens is 4. The summed E-state index contributed by atoms with van der Waals surface area (Å²) in [5, 5.41) is 10.3. The maximum Gasteiger partial charge on any atom is 0.416 e. The van der Waals surface area contributed by atoms with Crippen molar-refractivity contribution in [2.75, 3.05) is 10.6 Å². The zero-order valence-corrected chi connectivity index (χ0v) is 22.2. The summed E-state index contributed by atoms with van der Waals surface area (Å²) < 4.78 is 38.7. The summed E-state index contributed by atoms with van der Waals surface area (Å²) in [5.41, 5.74) is 0.595. The standard InChI is InChI=1S/C29H26ClF3N4O2/c1-28(2,3)27(39)35-16-17-7-12-23(30)22(15-17)26(38)37-24-6-4-5-21-20(24)13-14-34-25(21)36-19-10-8-18(9-11-19)29(31,32)33/h4-15H,16H2,1-3H3,(H,34,36)(H,35,39)(H,37,38). The minimum atomic E-state index is -4.42. The second-order valence-electron chi connectivity index (χ2n) is 9.96. The molecular formula is C29H26ClF3N4O2. The number of fused-ring (bicyclic) bond motifs is 1. The Balaban J connectivity index is 1.56. The molecule has 202 valence electrons. The molecule has 0 radical (unpaired) electrons. The molecule has 10 heteroatoms. The summed E-state index contributed by atoms with van der Waals surface area (Å²) in [7, 11) is 0. The first-order chi connectivity index (χ1) is 18.3. The number of benzene rings is 3. The largest absolute Gasteiger partial charge is 0.416 e. The van der Waals surface area contributed by atoms with Crippen molar-refractivity contribution in [1.29, 1.82) is 0 Å². The van der Waals surface area contributed by atoms with Crippen molar-refractivity contribution in [2.24, 2.45) is 5.41 Å². The average Bonchev–Trinajstić information content (AvgIpc) is 2.87. The second-order valence-corrected chi connectivity index (χ2v) is 10.4. The molecule has 0 bridgehead atoms. The van der Waals surface area contributed by atoms with Gasteiger partial charge < -0.3 is 16.0 Å². The lowest BCUT2D eigenvalue weighted by molar-refractivity contribution is -0.137. The smallest absolute Gasteiger partial charge is 0.352 e. The van der Waals surface area contributed by atoms with Crippen LogP contribution in [0.2, 0.25) is 5.02 Å². The fraction of sp³-hybridized carbons (Fsp3) is 0.207. The molecule has 0 saturated heterocycles. The molecule has 4 rings (SSSR count). The van der Waals surface area contributed by atoms with Gasteiger partial charge in [-0.15, -0.1) is 0 Å². The van der Waals surface area contributed by atoms with Gasteiger partial charge in [0.05, 0.1) is 16.1 Å². The van der Waals surface area contributed by atoms with Crippen LogP contribution in [-0.4, -0.2) is 16.8 Å². The Labute approximate surface area is 228 Å². The highest BCUT2D eigenvalue weighted by atomic mass is 35.5. The first-order valence-corrected chi connectivity index (χ1v) is 12.4. The van der Waals surface area contributed by atoms with Crippen LogP contribution in [0.4, 0.5) is 30.4 Å². The lowest BCUT2D eigenvalue weighted by atomic mass is 9.95. The summed E-state index contributed by atoms with van der Waals surface area (Å²) in [6.45, 7) is 5.68. The maximum atomic E-state index is 13.2. The van der Waals surface area contributed by atoms with E-state index in [-0.39, 0.29) is 23.0 Å². The number of hydrogen-bond acceptors (Lipinski definition) is 4. The quantitative estimate of drug-likeness (QED) is 0.229. The van der Waals surface area contributed by atoms with Crippen molar-refractivity contribution in [3.63, 3.8) is 0 Å². The van der Waals surface area contributed by atoms with Crippen LogP contribution in [0.15, 0.2) is 72.9 Å². The monoisotopic (exact) mass is 554 g/mol. The number of anilines is 3. The highest BCUT2D eigenvalue weighted by Gasteiger charge is 2.30. The predicted molar refractivity (Wildman–Crippen MR) is 147 cm³/mol. The average molecular weight is 555 g/mol. The fourth-order valence-electron chi connectivity index (χ4n) is 3.79.